The van der Waals surface area contributed by atoms with Crippen LogP contribution in [0, 0.1) is 0 Å². The Bertz CT molecular complexity index is 582. The first-order valence-corrected chi connectivity index (χ1v) is 7.29. The summed E-state index contributed by atoms with van der Waals surface area (Å²) in [6.45, 7) is 0.418. The fourth-order valence-electron chi connectivity index (χ4n) is 1.62. The Morgan fingerprint density at radius 3 is 2.85 bits per heavy atom. The Kier molecular flexibility index (Phi) is 5.60. The lowest BCUT2D eigenvalue weighted by Crippen LogP contribution is -2.11. The minimum Gasteiger partial charge on any atom is -0.378 e. The Balaban J connectivity index is 2.12. The molecule has 0 fully saturated rings. The zero-order valence-corrected chi connectivity index (χ0v) is 12.5. The third-order valence-electron chi connectivity index (χ3n) is 2.46. The normalized spacial score (nSPS) is 10.6. The van der Waals surface area contributed by atoms with Crippen LogP contribution in [-0.4, -0.2) is 17.1 Å². The maximum atomic E-state index is 6.12. The summed E-state index contributed by atoms with van der Waals surface area (Å²) in [6, 6.07) is 9.43. The van der Waals surface area contributed by atoms with Gasteiger partial charge in [-0.15, -0.1) is 11.8 Å². The third kappa shape index (κ3) is 4.08. The van der Waals surface area contributed by atoms with Gasteiger partial charge in [-0.25, -0.2) is 15.8 Å². The number of rotatable bonds is 6. The van der Waals surface area contributed by atoms with E-state index in [4.69, 9.17) is 22.2 Å². The maximum Gasteiger partial charge on any atom is 0.144 e. The molecule has 0 saturated carbocycles. The molecule has 0 saturated heterocycles. The number of nitrogens with zero attached hydrogens (tertiary/aromatic N) is 2. The van der Waals surface area contributed by atoms with Crippen molar-refractivity contribution in [3.8, 4) is 0 Å². The van der Waals surface area contributed by atoms with Gasteiger partial charge in [0.05, 0.1) is 23.1 Å². The largest absolute Gasteiger partial charge is 0.378 e. The molecule has 1 aromatic heterocycles. The van der Waals surface area contributed by atoms with Gasteiger partial charge in [0.2, 0.25) is 0 Å². The number of anilines is 1. The van der Waals surface area contributed by atoms with Gasteiger partial charge in [-0.1, -0.05) is 23.7 Å². The number of hydrogen-bond acceptors (Lipinski definition) is 6. The number of benzene rings is 1. The van der Waals surface area contributed by atoms with Crippen LogP contribution >= 0.6 is 23.4 Å². The van der Waals surface area contributed by atoms with Gasteiger partial charge < -0.3 is 10.2 Å². The summed E-state index contributed by atoms with van der Waals surface area (Å²) in [4.78, 5) is 9.73. The molecule has 20 heavy (non-hydrogen) atoms. The van der Waals surface area contributed by atoms with E-state index in [1.54, 1.807) is 24.9 Å². The van der Waals surface area contributed by atoms with Gasteiger partial charge in [-0.05, 0) is 12.1 Å². The molecule has 0 aliphatic carbocycles. The van der Waals surface area contributed by atoms with E-state index in [9.17, 15) is 0 Å². The van der Waals surface area contributed by atoms with Crippen LogP contribution in [0.1, 0.15) is 11.5 Å². The summed E-state index contributed by atoms with van der Waals surface area (Å²) < 4.78 is 5.08. The first kappa shape index (κ1) is 15.1. The molecule has 5 nitrogen and oxygen atoms in total. The van der Waals surface area contributed by atoms with Gasteiger partial charge in [0.15, 0.2) is 0 Å². The number of nitrogens with two attached hydrogens (primary N) is 1. The zero-order valence-electron chi connectivity index (χ0n) is 11.0. The van der Waals surface area contributed by atoms with Crippen molar-refractivity contribution in [3.63, 3.8) is 0 Å². The smallest absolute Gasteiger partial charge is 0.144 e. The predicted molar refractivity (Wildman–Crippen MR) is 81.6 cm³/mol. The van der Waals surface area contributed by atoms with Crippen LogP contribution in [0.3, 0.4) is 0 Å². The maximum absolute atomic E-state index is 6.12. The molecule has 0 bridgehead atoms. The summed E-state index contributed by atoms with van der Waals surface area (Å²) in [5, 5.41) is 0.725. The number of hydrazine groups is 1. The Labute approximate surface area is 126 Å². The minimum absolute atomic E-state index is 0.418. The molecular weight excluding hydrogens is 296 g/mol. The highest BCUT2D eigenvalue weighted by Gasteiger charge is 2.06. The highest BCUT2D eigenvalue weighted by molar-refractivity contribution is 7.98. The van der Waals surface area contributed by atoms with E-state index in [1.807, 2.05) is 24.3 Å². The van der Waals surface area contributed by atoms with Gasteiger partial charge in [0, 0.05) is 18.1 Å². The lowest BCUT2D eigenvalue weighted by Gasteiger charge is -2.07. The second kappa shape index (κ2) is 7.44. The van der Waals surface area contributed by atoms with Gasteiger partial charge >= 0.3 is 0 Å². The van der Waals surface area contributed by atoms with Crippen LogP contribution < -0.4 is 11.3 Å². The topological polar surface area (TPSA) is 73.1 Å². The molecule has 0 atom stereocenters. The predicted octanol–water partition coefficient (Wildman–Crippen LogP) is 2.85. The van der Waals surface area contributed by atoms with Crippen LogP contribution in [0.2, 0.25) is 5.02 Å². The fraction of sp³-hybridized carbons (Fsp3) is 0.231. The van der Waals surface area contributed by atoms with Crippen molar-refractivity contribution in [3.05, 3.63) is 46.9 Å². The van der Waals surface area contributed by atoms with Crippen molar-refractivity contribution in [2.75, 3.05) is 12.5 Å². The molecule has 1 heterocycles. The Hall–Kier alpha value is -1.34. The molecule has 3 N–H and O–H groups in total. The monoisotopic (exact) mass is 310 g/mol. The van der Waals surface area contributed by atoms with E-state index in [1.165, 1.54) is 0 Å². The van der Waals surface area contributed by atoms with Gasteiger partial charge in [0.25, 0.3) is 0 Å². The summed E-state index contributed by atoms with van der Waals surface area (Å²) in [6.07, 6.45) is 0. The molecule has 0 spiro atoms. The van der Waals surface area contributed by atoms with E-state index >= 15 is 0 Å². The second-order valence-electron chi connectivity index (χ2n) is 3.96. The summed E-state index contributed by atoms with van der Waals surface area (Å²) in [5.74, 6) is 7.26. The van der Waals surface area contributed by atoms with Crippen LogP contribution in [0.5, 0.6) is 0 Å². The second-order valence-corrected chi connectivity index (χ2v) is 5.38. The van der Waals surface area contributed by atoms with Crippen molar-refractivity contribution >= 4 is 29.2 Å². The number of thioether (sulfide) groups is 1. The van der Waals surface area contributed by atoms with Crippen LogP contribution in [0.15, 0.2) is 35.2 Å². The van der Waals surface area contributed by atoms with E-state index in [0.29, 0.717) is 24.0 Å². The Morgan fingerprint density at radius 1 is 1.35 bits per heavy atom. The van der Waals surface area contributed by atoms with E-state index in [2.05, 4.69) is 15.4 Å². The molecule has 0 amide bonds. The fourth-order valence-corrected chi connectivity index (χ4v) is 2.71. The highest BCUT2D eigenvalue weighted by atomic mass is 35.5. The van der Waals surface area contributed by atoms with Gasteiger partial charge in [-0.3, -0.25) is 0 Å². The number of hydrogen-bond donors (Lipinski definition) is 2. The van der Waals surface area contributed by atoms with E-state index < -0.39 is 0 Å². The number of nitrogen functional groups attached to an aromatic ring is 1. The minimum atomic E-state index is 0.418. The van der Waals surface area contributed by atoms with Crippen molar-refractivity contribution in [1.82, 2.24) is 9.97 Å². The van der Waals surface area contributed by atoms with Crippen LogP contribution in [0.25, 0.3) is 0 Å². The zero-order chi connectivity index (χ0) is 14.4. The standard InChI is InChI=1S/C13H15ClN4OS/c1-19-7-9-6-12(18-15)17-13(16-9)8-20-11-5-3-2-4-10(11)14/h2-6H,7-8,15H2,1H3,(H,16,17,18). The Morgan fingerprint density at radius 2 is 2.15 bits per heavy atom. The number of methoxy groups -OCH3 is 1. The first-order chi connectivity index (χ1) is 9.72. The van der Waals surface area contributed by atoms with Crippen molar-refractivity contribution in [2.24, 2.45) is 5.84 Å². The molecule has 0 unspecified atom stereocenters. The number of aromatic nitrogens is 2. The molecule has 2 aromatic rings. The number of halogens is 1. The summed E-state index contributed by atoms with van der Waals surface area (Å²) in [5.41, 5.74) is 3.32. The average molecular weight is 311 g/mol. The SMILES string of the molecule is COCc1cc(NN)nc(CSc2ccccc2Cl)n1. The molecule has 0 radical (unpaired) electrons. The number of ether oxygens (including phenoxy) is 1. The molecule has 2 rings (SSSR count). The molecule has 0 aliphatic heterocycles. The van der Waals surface area contributed by atoms with Gasteiger partial charge in [-0.2, -0.15) is 0 Å². The highest BCUT2D eigenvalue weighted by Crippen LogP contribution is 2.28. The van der Waals surface area contributed by atoms with Crippen molar-refractivity contribution in [2.45, 2.75) is 17.3 Å². The van der Waals surface area contributed by atoms with E-state index in [0.717, 1.165) is 15.6 Å². The van der Waals surface area contributed by atoms with Crippen molar-refractivity contribution < 1.29 is 4.74 Å². The first-order valence-electron chi connectivity index (χ1n) is 5.92. The van der Waals surface area contributed by atoms with E-state index in [-0.39, 0.29) is 0 Å². The molecular formula is C13H15ClN4OS. The lowest BCUT2D eigenvalue weighted by molar-refractivity contribution is 0.181. The lowest BCUT2D eigenvalue weighted by atomic mass is 10.4. The summed E-state index contributed by atoms with van der Waals surface area (Å²) >= 11 is 7.70. The van der Waals surface area contributed by atoms with Crippen LogP contribution in [-0.2, 0) is 17.1 Å². The molecule has 0 aliphatic rings. The third-order valence-corrected chi connectivity index (χ3v) is 3.97. The number of nitrogens with one attached hydrogen (secondary N) is 1. The molecule has 106 valence electrons. The molecule has 1 aromatic carbocycles. The van der Waals surface area contributed by atoms with Gasteiger partial charge in [0.1, 0.15) is 11.6 Å². The van der Waals surface area contributed by atoms with Crippen molar-refractivity contribution in [1.29, 1.82) is 0 Å². The molecule has 7 heteroatoms. The quantitative estimate of drug-likeness (QED) is 0.485. The average Bonchev–Trinajstić information content (AvgIpc) is 2.46. The summed E-state index contributed by atoms with van der Waals surface area (Å²) in [7, 11) is 1.62. The van der Waals surface area contributed by atoms with Crippen LogP contribution in [0.4, 0.5) is 5.82 Å².